The average Bonchev–Trinajstić information content (AvgIpc) is 2.03. The standard InChI is InChI=1S/C10H13FO2/c1-10(2,12-3)13-9-6-4-5-8(11)7-9/h4-7H,1-3H3. The summed E-state index contributed by atoms with van der Waals surface area (Å²) in [5, 5.41) is 0. The summed E-state index contributed by atoms with van der Waals surface area (Å²) < 4.78 is 23.1. The van der Waals surface area contributed by atoms with Crippen molar-refractivity contribution in [3.8, 4) is 5.75 Å². The molecule has 0 aromatic heterocycles. The van der Waals surface area contributed by atoms with E-state index in [9.17, 15) is 4.39 Å². The molecule has 0 bridgehead atoms. The zero-order valence-corrected chi connectivity index (χ0v) is 8.00. The Morgan fingerprint density at radius 3 is 2.54 bits per heavy atom. The first kappa shape index (κ1) is 9.99. The molecule has 0 atom stereocenters. The lowest BCUT2D eigenvalue weighted by Crippen LogP contribution is -2.30. The second-order valence-corrected chi connectivity index (χ2v) is 3.16. The molecule has 0 N–H and O–H groups in total. The van der Waals surface area contributed by atoms with Crippen LogP contribution in [0.2, 0.25) is 0 Å². The quantitative estimate of drug-likeness (QED) is 0.672. The van der Waals surface area contributed by atoms with Gasteiger partial charge in [0.25, 0.3) is 0 Å². The first-order valence-corrected chi connectivity index (χ1v) is 4.03. The maximum Gasteiger partial charge on any atom is 0.204 e. The lowest BCUT2D eigenvalue weighted by molar-refractivity contribution is -0.134. The summed E-state index contributed by atoms with van der Waals surface area (Å²) in [4.78, 5) is 0. The maximum absolute atomic E-state index is 12.7. The van der Waals surface area contributed by atoms with E-state index in [1.54, 1.807) is 33.1 Å². The van der Waals surface area contributed by atoms with E-state index in [-0.39, 0.29) is 5.82 Å². The largest absolute Gasteiger partial charge is 0.463 e. The molecule has 3 heteroatoms. The van der Waals surface area contributed by atoms with Crippen molar-refractivity contribution in [1.82, 2.24) is 0 Å². The number of hydrogen-bond acceptors (Lipinski definition) is 2. The highest BCUT2D eigenvalue weighted by Gasteiger charge is 2.17. The summed E-state index contributed by atoms with van der Waals surface area (Å²) in [6, 6.07) is 5.97. The second-order valence-electron chi connectivity index (χ2n) is 3.16. The third-order valence-corrected chi connectivity index (χ3v) is 1.65. The smallest absolute Gasteiger partial charge is 0.204 e. The van der Waals surface area contributed by atoms with Crippen LogP contribution in [0.4, 0.5) is 4.39 Å². The van der Waals surface area contributed by atoms with Crippen LogP contribution in [0.5, 0.6) is 5.75 Å². The summed E-state index contributed by atoms with van der Waals surface area (Å²) in [6.45, 7) is 3.52. The fraction of sp³-hybridized carbons (Fsp3) is 0.400. The molecule has 0 fully saturated rings. The third-order valence-electron chi connectivity index (χ3n) is 1.65. The van der Waals surface area contributed by atoms with Gasteiger partial charge in [-0.15, -0.1) is 0 Å². The van der Waals surface area contributed by atoms with Crippen molar-refractivity contribution in [2.24, 2.45) is 0 Å². The summed E-state index contributed by atoms with van der Waals surface area (Å²) in [5.74, 6) is -0.579. The SMILES string of the molecule is COC(C)(C)Oc1cccc(F)c1. The first-order chi connectivity index (χ1) is 6.03. The van der Waals surface area contributed by atoms with Gasteiger partial charge in [-0.05, 0) is 12.1 Å². The molecule has 0 unspecified atom stereocenters. The van der Waals surface area contributed by atoms with E-state index < -0.39 is 5.79 Å². The third kappa shape index (κ3) is 3.03. The molecular weight excluding hydrogens is 171 g/mol. The van der Waals surface area contributed by atoms with Crippen molar-refractivity contribution in [3.63, 3.8) is 0 Å². The van der Waals surface area contributed by atoms with E-state index in [0.29, 0.717) is 5.75 Å². The highest BCUT2D eigenvalue weighted by atomic mass is 19.1. The van der Waals surface area contributed by atoms with Crippen molar-refractivity contribution < 1.29 is 13.9 Å². The van der Waals surface area contributed by atoms with Crippen LogP contribution < -0.4 is 4.74 Å². The molecule has 0 saturated heterocycles. The Kier molecular flexibility index (Phi) is 2.88. The van der Waals surface area contributed by atoms with Crippen LogP contribution in [0.3, 0.4) is 0 Å². The lowest BCUT2D eigenvalue weighted by Gasteiger charge is -2.24. The van der Waals surface area contributed by atoms with Gasteiger partial charge in [0, 0.05) is 27.0 Å². The first-order valence-electron chi connectivity index (χ1n) is 4.03. The molecule has 2 nitrogen and oxygen atoms in total. The van der Waals surface area contributed by atoms with Gasteiger partial charge in [-0.2, -0.15) is 0 Å². The second kappa shape index (κ2) is 3.75. The topological polar surface area (TPSA) is 18.5 Å². The normalized spacial score (nSPS) is 11.4. The fourth-order valence-electron chi connectivity index (χ4n) is 0.856. The Morgan fingerprint density at radius 1 is 1.31 bits per heavy atom. The van der Waals surface area contributed by atoms with Gasteiger partial charge in [0.1, 0.15) is 11.6 Å². The molecule has 0 aliphatic carbocycles. The molecule has 0 aliphatic heterocycles. The van der Waals surface area contributed by atoms with Crippen molar-refractivity contribution in [3.05, 3.63) is 30.1 Å². The van der Waals surface area contributed by atoms with E-state index >= 15 is 0 Å². The van der Waals surface area contributed by atoms with Gasteiger partial charge in [-0.1, -0.05) is 6.07 Å². The molecule has 0 heterocycles. The van der Waals surface area contributed by atoms with Crippen LogP contribution >= 0.6 is 0 Å². The Labute approximate surface area is 77.3 Å². The molecule has 13 heavy (non-hydrogen) atoms. The highest BCUT2D eigenvalue weighted by Crippen LogP contribution is 2.19. The van der Waals surface area contributed by atoms with Crippen LogP contribution in [-0.2, 0) is 4.74 Å². The minimum atomic E-state index is -0.728. The molecule has 0 aliphatic rings. The van der Waals surface area contributed by atoms with Gasteiger partial charge in [0.15, 0.2) is 0 Å². The maximum atomic E-state index is 12.7. The summed E-state index contributed by atoms with van der Waals surface area (Å²) in [6.07, 6.45) is 0. The average molecular weight is 184 g/mol. The number of rotatable bonds is 3. The molecule has 1 rings (SSSR count). The minimum absolute atomic E-state index is 0.315. The number of halogens is 1. The van der Waals surface area contributed by atoms with E-state index in [2.05, 4.69) is 0 Å². The van der Waals surface area contributed by atoms with Crippen LogP contribution in [0.25, 0.3) is 0 Å². The molecule has 0 amide bonds. The Balaban J connectivity index is 2.74. The Bertz CT molecular complexity index is 284. The van der Waals surface area contributed by atoms with Gasteiger partial charge < -0.3 is 9.47 Å². The van der Waals surface area contributed by atoms with E-state index in [1.807, 2.05) is 0 Å². The van der Waals surface area contributed by atoms with Gasteiger partial charge >= 0.3 is 0 Å². The molecule has 0 radical (unpaired) electrons. The minimum Gasteiger partial charge on any atom is -0.463 e. The van der Waals surface area contributed by atoms with Crippen LogP contribution in [0, 0.1) is 5.82 Å². The molecule has 1 aromatic carbocycles. The van der Waals surface area contributed by atoms with Gasteiger partial charge in [-0.25, -0.2) is 4.39 Å². The van der Waals surface area contributed by atoms with Gasteiger partial charge in [0.05, 0.1) is 0 Å². The predicted octanol–water partition coefficient (Wildman–Crippen LogP) is 2.59. The summed E-state index contributed by atoms with van der Waals surface area (Å²) in [5.41, 5.74) is 0. The lowest BCUT2D eigenvalue weighted by atomic mass is 10.3. The molecule has 0 spiro atoms. The van der Waals surface area contributed by atoms with E-state index in [4.69, 9.17) is 9.47 Å². The summed E-state index contributed by atoms with van der Waals surface area (Å²) in [7, 11) is 1.54. The highest BCUT2D eigenvalue weighted by molar-refractivity contribution is 5.22. The van der Waals surface area contributed by atoms with E-state index in [0.717, 1.165) is 0 Å². The molecule has 1 aromatic rings. The van der Waals surface area contributed by atoms with Crippen LogP contribution in [-0.4, -0.2) is 12.9 Å². The molecule has 0 saturated carbocycles. The molecular formula is C10H13FO2. The Hall–Kier alpha value is -1.09. The number of benzene rings is 1. The zero-order chi connectivity index (χ0) is 9.90. The van der Waals surface area contributed by atoms with Crippen molar-refractivity contribution in [1.29, 1.82) is 0 Å². The van der Waals surface area contributed by atoms with Crippen molar-refractivity contribution in [2.75, 3.05) is 7.11 Å². The van der Waals surface area contributed by atoms with Crippen LogP contribution in [0.15, 0.2) is 24.3 Å². The van der Waals surface area contributed by atoms with Crippen molar-refractivity contribution in [2.45, 2.75) is 19.6 Å². The Morgan fingerprint density at radius 2 is 2.00 bits per heavy atom. The van der Waals surface area contributed by atoms with Crippen LogP contribution in [0.1, 0.15) is 13.8 Å². The zero-order valence-electron chi connectivity index (χ0n) is 8.00. The number of hydrogen-bond donors (Lipinski definition) is 0. The summed E-state index contributed by atoms with van der Waals surface area (Å²) >= 11 is 0. The number of ether oxygens (including phenoxy) is 2. The van der Waals surface area contributed by atoms with Gasteiger partial charge in [0.2, 0.25) is 5.79 Å². The monoisotopic (exact) mass is 184 g/mol. The van der Waals surface area contributed by atoms with Gasteiger partial charge in [-0.3, -0.25) is 0 Å². The van der Waals surface area contributed by atoms with Crippen molar-refractivity contribution >= 4 is 0 Å². The number of methoxy groups -OCH3 is 1. The molecule has 72 valence electrons. The fourth-order valence-corrected chi connectivity index (χ4v) is 0.856. The predicted molar refractivity (Wildman–Crippen MR) is 48.1 cm³/mol. The van der Waals surface area contributed by atoms with E-state index in [1.165, 1.54) is 12.1 Å².